The number of nitrogens with zero attached hydrogens (tertiary/aromatic N) is 4. The molecule has 0 radical (unpaired) electrons. The molecule has 0 unspecified atom stereocenters. The molecule has 3 aliphatic heterocycles. The van der Waals surface area contributed by atoms with Crippen molar-refractivity contribution >= 4 is 21.6 Å². The highest BCUT2D eigenvalue weighted by Gasteiger charge is 2.36. The Morgan fingerprint density at radius 1 is 1.00 bits per heavy atom. The predicted octanol–water partition coefficient (Wildman–Crippen LogP) is 2.16. The number of amides is 1. The SMILES string of the molecule is Cc1cc(C)nc(O[C@@H]2CCCN(S(=O)(=O)c3cc4c5c(c3)CCN5C(=O)CC4)C2)n1. The van der Waals surface area contributed by atoms with Crippen molar-refractivity contribution in [3.63, 3.8) is 0 Å². The molecular weight excluding hydrogens is 416 g/mol. The van der Waals surface area contributed by atoms with Crippen molar-refractivity contribution in [2.75, 3.05) is 24.5 Å². The topological polar surface area (TPSA) is 92.7 Å². The third-order valence-corrected chi connectivity index (χ3v) is 8.08. The van der Waals surface area contributed by atoms with Crippen LogP contribution in [-0.2, 0) is 27.7 Å². The minimum absolute atomic E-state index is 0.131. The van der Waals surface area contributed by atoms with E-state index in [2.05, 4.69) is 9.97 Å². The zero-order valence-electron chi connectivity index (χ0n) is 17.8. The van der Waals surface area contributed by atoms with Gasteiger partial charge in [-0.1, -0.05) is 0 Å². The fraction of sp³-hybridized carbons (Fsp3) is 0.500. The smallest absolute Gasteiger partial charge is 0.317 e. The molecule has 31 heavy (non-hydrogen) atoms. The average Bonchev–Trinajstić information content (AvgIpc) is 3.15. The molecule has 0 saturated carbocycles. The molecule has 0 aliphatic carbocycles. The molecule has 0 bridgehead atoms. The van der Waals surface area contributed by atoms with E-state index < -0.39 is 10.0 Å². The van der Waals surface area contributed by atoms with Crippen molar-refractivity contribution < 1.29 is 17.9 Å². The fourth-order valence-corrected chi connectivity index (χ4v) is 6.45. The van der Waals surface area contributed by atoms with Crippen LogP contribution in [0.5, 0.6) is 6.01 Å². The first-order chi connectivity index (χ1) is 14.8. The van der Waals surface area contributed by atoms with Gasteiger partial charge in [-0.15, -0.1) is 0 Å². The zero-order valence-corrected chi connectivity index (χ0v) is 18.6. The number of aromatic nitrogens is 2. The van der Waals surface area contributed by atoms with Crippen LogP contribution in [-0.4, -0.2) is 54.3 Å². The van der Waals surface area contributed by atoms with E-state index in [0.29, 0.717) is 43.3 Å². The van der Waals surface area contributed by atoms with E-state index >= 15 is 0 Å². The summed E-state index contributed by atoms with van der Waals surface area (Å²) in [4.78, 5) is 22.9. The van der Waals surface area contributed by atoms with Crippen LogP contribution in [0.4, 0.5) is 5.69 Å². The minimum Gasteiger partial charge on any atom is -0.459 e. The molecule has 1 aromatic heterocycles. The molecule has 0 N–H and O–H groups in total. The van der Waals surface area contributed by atoms with Gasteiger partial charge in [0.05, 0.1) is 17.1 Å². The van der Waals surface area contributed by atoms with Crippen LogP contribution in [0.1, 0.15) is 41.8 Å². The summed E-state index contributed by atoms with van der Waals surface area (Å²) < 4.78 is 34.4. The van der Waals surface area contributed by atoms with Gasteiger partial charge in [-0.05, 0) is 68.9 Å². The Bertz CT molecular complexity index is 1140. The van der Waals surface area contributed by atoms with E-state index in [1.165, 1.54) is 4.31 Å². The van der Waals surface area contributed by atoms with E-state index in [4.69, 9.17) is 4.74 Å². The van der Waals surface area contributed by atoms with Gasteiger partial charge in [0.2, 0.25) is 15.9 Å². The maximum absolute atomic E-state index is 13.5. The van der Waals surface area contributed by atoms with Crippen molar-refractivity contribution in [2.45, 2.75) is 57.0 Å². The Hall–Kier alpha value is -2.52. The van der Waals surface area contributed by atoms with Gasteiger partial charge in [0.15, 0.2) is 0 Å². The van der Waals surface area contributed by atoms with Gasteiger partial charge in [-0.3, -0.25) is 4.79 Å². The summed E-state index contributed by atoms with van der Waals surface area (Å²) in [6, 6.07) is 5.69. The van der Waals surface area contributed by atoms with E-state index in [0.717, 1.165) is 41.0 Å². The van der Waals surface area contributed by atoms with Gasteiger partial charge in [0, 0.05) is 30.9 Å². The highest BCUT2D eigenvalue weighted by Crippen LogP contribution is 2.39. The van der Waals surface area contributed by atoms with Crippen LogP contribution < -0.4 is 9.64 Å². The molecule has 9 heteroatoms. The highest BCUT2D eigenvalue weighted by atomic mass is 32.2. The minimum atomic E-state index is -3.66. The molecule has 1 saturated heterocycles. The second kappa shape index (κ2) is 7.56. The molecule has 5 rings (SSSR count). The maximum atomic E-state index is 13.5. The summed E-state index contributed by atoms with van der Waals surface area (Å²) in [5.74, 6) is 0.131. The second-order valence-corrected chi connectivity index (χ2v) is 10.5. The lowest BCUT2D eigenvalue weighted by molar-refractivity contribution is -0.118. The summed E-state index contributed by atoms with van der Waals surface area (Å²) in [5, 5.41) is 0. The van der Waals surface area contributed by atoms with Gasteiger partial charge >= 0.3 is 6.01 Å². The van der Waals surface area contributed by atoms with Crippen LogP contribution in [0.3, 0.4) is 0 Å². The van der Waals surface area contributed by atoms with Crippen LogP contribution in [0.2, 0.25) is 0 Å². The van der Waals surface area contributed by atoms with Gasteiger partial charge in [0.25, 0.3) is 0 Å². The molecule has 1 fully saturated rings. The van der Waals surface area contributed by atoms with Crippen molar-refractivity contribution in [1.82, 2.24) is 14.3 Å². The first-order valence-electron chi connectivity index (χ1n) is 10.8. The monoisotopic (exact) mass is 442 g/mol. The lowest BCUT2D eigenvalue weighted by Crippen LogP contribution is -2.44. The number of carbonyl (C=O) groups excluding carboxylic acids is 1. The first-order valence-corrected chi connectivity index (χ1v) is 12.2. The molecule has 8 nitrogen and oxygen atoms in total. The standard InChI is InChI=1S/C22H26N4O4S/c1-14-10-15(2)24-22(23-14)30-18-4-3-8-25(13-18)31(28,29)19-11-16-5-6-20(27)26-9-7-17(12-19)21(16)26/h10-12,18H,3-9,13H2,1-2H3/t18-/m1/s1. The van der Waals surface area contributed by atoms with Crippen molar-refractivity contribution in [1.29, 1.82) is 0 Å². The molecule has 2 aromatic rings. The van der Waals surface area contributed by atoms with Crippen LogP contribution in [0, 0.1) is 13.8 Å². The number of anilines is 1. The largest absolute Gasteiger partial charge is 0.459 e. The maximum Gasteiger partial charge on any atom is 0.317 e. The fourth-order valence-electron chi connectivity index (χ4n) is 4.84. The van der Waals surface area contributed by atoms with Crippen molar-refractivity contribution in [2.24, 2.45) is 0 Å². The lowest BCUT2D eigenvalue weighted by atomic mass is 10.00. The normalized spacial score (nSPS) is 21.3. The van der Waals surface area contributed by atoms with E-state index in [-0.39, 0.29) is 18.6 Å². The molecule has 0 spiro atoms. The number of rotatable bonds is 4. The summed E-state index contributed by atoms with van der Waals surface area (Å²) in [7, 11) is -3.66. The number of benzene rings is 1. The molecule has 1 aromatic carbocycles. The van der Waals surface area contributed by atoms with Gasteiger partial charge in [-0.2, -0.15) is 4.31 Å². The number of hydrogen-bond acceptors (Lipinski definition) is 6. The van der Waals surface area contributed by atoms with Crippen LogP contribution >= 0.6 is 0 Å². The number of carbonyl (C=O) groups is 1. The Morgan fingerprint density at radius 3 is 2.45 bits per heavy atom. The Labute approximate surface area is 182 Å². The van der Waals surface area contributed by atoms with Crippen LogP contribution in [0.15, 0.2) is 23.1 Å². The molecule has 164 valence electrons. The van der Waals surface area contributed by atoms with Gasteiger partial charge in [-0.25, -0.2) is 18.4 Å². The molecule has 3 aliphatic rings. The number of aryl methyl sites for hydroxylation is 3. The summed E-state index contributed by atoms with van der Waals surface area (Å²) >= 11 is 0. The third kappa shape index (κ3) is 3.70. The molecule has 1 amide bonds. The third-order valence-electron chi connectivity index (χ3n) is 6.24. The number of piperidine rings is 1. The van der Waals surface area contributed by atoms with E-state index in [1.807, 2.05) is 19.9 Å². The summed E-state index contributed by atoms with van der Waals surface area (Å²) in [6.45, 7) is 5.14. The number of ether oxygens (including phenoxy) is 1. The van der Waals surface area contributed by atoms with Crippen molar-refractivity contribution in [3.8, 4) is 6.01 Å². The molecule has 4 heterocycles. The van der Waals surface area contributed by atoms with E-state index in [1.54, 1.807) is 17.0 Å². The predicted molar refractivity (Wildman–Crippen MR) is 115 cm³/mol. The molecular formula is C22H26N4O4S. The average molecular weight is 443 g/mol. The number of sulfonamides is 1. The molecule has 1 atom stereocenters. The van der Waals surface area contributed by atoms with Gasteiger partial charge < -0.3 is 9.64 Å². The second-order valence-electron chi connectivity index (χ2n) is 8.56. The van der Waals surface area contributed by atoms with Gasteiger partial charge in [0.1, 0.15) is 6.10 Å². The van der Waals surface area contributed by atoms with Crippen molar-refractivity contribution in [3.05, 3.63) is 40.7 Å². The summed E-state index contributed by atoms with van der Waals surface area (Å²) in [5.41, 5.74) is 4.49. The highest BCUT2D eigenvalue weighted by molar-refractivity contribution is 7.89. The van der Waals surface area contributed by atoms with Crippen LogP contribution in [0.25, 0.3) is 0 Å². The Kier molecular flexibility index (Phi) is 4.97. The Morgan fingerprint density at radius 2 is 1.71 bits per heavy atom. The van der Waals surface area contributed by atoms with E-state index in [9.17, 15) is 13.2 Å². The lowest BCUT2D eigenvalue weighted by Gasteiger charge is -2.32. The quantitative estimate of drug-likeness (QED) is 0.721. The zero-order chi connectivity index (χ0) is 21.8. The summed E-state index contributed by atoms with van der Waals surface area (Å²) in [6.07, 6.45) is 2.92. The Balaban J connectivity index is 1.39. The first kappa shape index (κ1) is 20.4. The number of hydrogen-bond donors (Lipinski definition) is 0.